The van der Waals surface area contributed by atoms with E-state index in [1.165, 1.54) is 18.2 Å². The van der Waals surface area contributed by atoms with Crippen LogP contribution in [0.5, 0.6) is 5.75 Å². The van der Waals surface area contributed by atoms with Crippen molar-refractivity contribution >= 4 is 23.9 Å². The Morgan fingerprint density at radius 3 is 2.48 bits per heavy atom. The van der Waals surface area contributed by atoms with Crippen LogP contribution in [0.15, 0.2) is 59.2 Å². The number of carbonyl (C=O) groups excluding carboxylic acids is 2. The summed E-state index contributed by atoms with van der Waals surface area (Å²) < 4.78 is 10.8. The van der Waals surface area contributed by atoms with E-state index in [0.29, 0.717) is 17.7 Å². The molecular weight excluding hydrogens is 346 g/mol. The highest BCUT2D eigenvalue weighted by Crippen LogP contribution is 2.21. The highest BCUT2D eigenvalue weighted by Gasteiger charge is 2.24. The summed E-state index contributed by atoms with van der Waals surface area (Å²) in [6, 6.07) is 13.1. The molecule has 0 amide bonds. The lowest BCUT2D eigenvalue weighted by Crippen LogP contribution is -2.21. The zero-order valence-electron chi connectivity index (χ0n) is 14.8. The van der Waals surface area contributed by atoms with Crippen molar-refractivity contribution in [1.29, 1.82) is 0 Å². The van der Waals surface area contributed by atoms with Gasteiger partial charge in [-0.25, -0.2) is 9.79 Å². The molecule has 6 heteroatoms. The van der Waals surface area contributed by atoms with E-state index in [9.17, 15) is 14.7 Å². The maximum Gasteiger partial charge on any atom is 0.363 e. The number of aliphatic imine (C=N–C) groups is 1. The number of carboxylic acids is 1. The molecule has 0 atom stereocenters. The number of rotatable bonds is 7. The first-order chi connectivity index (χ1) is 13.1. The Balaban J connectivity index is 1.74. The molecule has 3 rings (SSSR count). The molecule has 0 bridgehead atoms. The molecule has 2 aromatic carbocycles. The highest BCUT2D eigenvalue weighted by molar-refractivity contribution is 6.12. The van der Waals surface area contributed by atoms with Crippen molar-refractivity contribution in [2.24, 2.45) is 4.99 Å². The summed E-state index contributed by atoms with van der Waals surface area (Å²) in [5.74, 6) is -0.840. The van der Waals surface area contributed by atoms with Crippen molar-refractivity contribution < 1.29 is 24.2 Å². The normalized spacial score (nSPS) is 14.8. The second-order valence-electron chi connectivity index (χ2n) is 5.97. The van der Waals surface area contributed by atoms with Crippen molar-refractivity contribution in [3.05, 3.63) is 70.9 Å². The molecule has 1 aliphatic rings. The molecule has 1 aliphatic heterocycles. The van der Waals surface area contributed by atoms with Gasteiger partial charge in [-0.2, -0.15) is 0 Å². The third kappa shape index (κ3) is 4.61. The van der Waals surface area contributed by atoms with Gasteiger partial charge in [0.25, 0.3) is 0 Å². The standard InChI is InChI=1S/C21H19NO5/c1-2-3-12-26-17-10-8-15(9-11-17)19-22-18(21(25)27-19)13-14-4-6-16(7-5-14)20(23)24/h4-11,13H,2-3,12H2,1H3,(H,23,24)/p-1/b18-13-. The van der Waals surface area contributed by atoms with Gasteiger partial charge >= 0.3 is 5.97 Å². The minimum absolute atomic E-state index is 0.0663. The summed E-state index contributed by atoms with van der Waals surface area (Å²) in [4.78, 5) is 27.1. The molecule has 0 aromatic heterocycles. The summed E-state index contributed by atoms with van der Waals surface area (Å²) in [5, 5.41) is 10.8. The third-order valence-corrected chi connectivity index (χ3v) is 3.94. The topological polar surface area (TPSA) is 88.0 Å². The van der Waals surface area contributed by atoms with E-state index in [2.05, 4.69) is 11.9 Å². The van der Waals surface area contributed by atoms with Crippen LogP contribution in [0.2, 0.25) is 0 Å². The van der Waals surface area contributed by atoms with Gasteiger partial charge < -0.3 is 19.4 Å². The van der Waals surface area contributed by atoms with Gasteiger partial charge in [0.1, 0.15) is 5.75 Å². The predicted molar refractivity (Wildman–Crippen MR) is 98.2 cm³/mol. The third-order valence-electron chi connectivity index (χ3n) is 3.94. The lowest BCUT2D eigenvalue weighted by molar-refractivity contribution is -0.255. The summed E-state index contributed by atoms with van der Waals surface area (Å²) in [5.41, 5.74) is 1.52. The van der Waals surface area contributed by atoms with E-state index < -0.39 is 11.9 Å². The van der Waals surface area contributed by atoms with E-state index in [1.54, 1.807) is 24.3 Å². The van der Waals surface area contributed by atoms with Gasteiger partial charge in [0.2, 0.25) is 5.90 Å². The van der Waals surface area contributed by atoms with Crippen LogP contribution in [-0.2, 0) is 9.53 Å². The van der Waals surface area contributed by atoms with Gasteiger partial charge in [-0.1, -0.05) is 37.6 Å². The first kappa shape index (κ1) is 18.4. The van der Waals surface area contributed by atoms with Gasteiger partial charge in [0.15, 0.2) is 5.70 Å². The Bertz CT molecular complexity index is 895. The lowest BCUT2D eigenvalue weighted by atomic mass is 10.1. The number of ether oxygens (including phenoxy) is 2. The van der Waals surface area contributed by atoms with Crippen LogP contribution in [0.25, 0.3) is 6.08 Å². The van der Waals surface area contributed by atoms with E-state index in [4.69, 9.17) is 9.47 Å². The average Bonchev–Trinajstić information content (AvgIpc) is 3.03. The van der Waals surface area contributed by atoms with Crippen LogP contribution in [-0.4, -0.2) is 24.4 Å². The second-order valence-corrected chi connectivity index (χ2v) is 5.97. The van der Waals surface area contributed by atoms with E-state index in [1.807, 2.05) is 12.1 Å². The number of benzene rings is 2. The average molecular weight is 364 g/mol. The molecule has 0 aliphatic carbocycles. The summed E-state index contributed by atoms with van der Waals surface area (Å²) in [6.07, 6.45) is 3.59. The zero-order valence-corrected chi connectivity index (χ0v) is 14.8. The lowest BCUT2D eigenvalue weighted by Gasteiger charge is -2.05. The Labute approximate surface area is 156 Å². The number of esters is 1. The number of nitrogens with zero attached hydrogens (tertiary/aromatic N) is 1. The van der Waals surface area contributed by atoms with Gasteiger partial charge in [-0.05, 0) is 47.9 Å². The molecule has 6 nitrogen and oxygen atoms in total. The largest absolute Gasteiger partial charge is 0.545 e. The first-order valence-electron chi connectivity index (χ1n) is 8.64. The van der Waals surface area contributed by atoms with Gasteiger partial charge in [-0.3, -0.25) is 0 Å². The van der Waals surface area contributed by atoms with Gasteiger partial charge in [0.05, 0.1) is 12.6 Å². The molecule has 0 saturated heterocycles. The smallest absolute Gasteiger partial charge is 0.363 e. The van der Waals surface area contributed by atoms with Crippen LogP contribution in [0.1, 0.15) is 41.3 Å². The monoisotopic (exact) mass is 364 g/mol. The number of carbonyl (C=O) groups is 2. The molecule has 0 fully saturated rings. The second kappa shape index (κ2) is 8.31. The molecule has 0 unspecified atom stereocenters. The van der Waals surface area contributed by atoms with Crippen LogP contribution >= 0.6 is 0 Å². The molecule has 1 heterocycles. The molecule has 2 aromatic rings. The maximum absolute atomic E-state index is 12.0. The van der Waals surface area contributed by atoms with Crippen molar-refractivity contribution in [2.75, 3.05) is 6.61 Å². The van der Waals surface area contributed by atoms with Gasteiger partial charge in [0, 0.05) is 5.56 Å². The molecule has 0 saturated carbocycles. The SMILES string of the molecule is CCCCOc1ccc(C2=N/C(=C\c3ccc(C(=O)[O-])cc3)C(=O)O2)cc1. The van der Waals surface area contributed by atoms with Crippen molar-refractivity contribution in [3.63, 3.8) is 0 Å². The fourth-order valence-corrected chi connectivity index (χ4v) is 2.43. The summed E-state index contributed by atoms with van der Waals surface area (Å²) in [6.45, 7) is 2.76. The molecule has 27 heavy (non-hydrogen) atoms. The fraction of sp³-hybridized carbons (Fsp3) is 0.190. The highest BCUT2D eigenvalue weighted by atomic mass is 16.6. The number of aromatic carboxylic acids is 1. The number of cyclic esters (lactones) is 1. The predicted octanol–water partition coefficient (Wildman–Crippen LogP) is 2.57. The number of hydrogen-bond donors (Lipinski definition) is 0. The van der Waals surface area contributed by atoms with Crippen LogP contribution < -0.4 is 9.84 Å². The zero-order chi connectivity index (χ0) is 19.2. The van der Waals surface area contributed by atoms with Crippen molar-refractivity contribution in [1.82, 2.24) is 0 Å². The van der Waals surface area contributed by atoms with Crippen molar-refractivity contribution in [3.8, 4) is 5.75 Å². The minimum Gasteiger partial charge on any atom is -0.545 e. The molecule has 0 spiro atoms. The Kier molecular flexibility index (Phi) is 5.66. The van der Waals surface area contributed by atoms with Crippen LogP contribution in [0.4, 0.5) is 0 Å². The van der Waals surface area contributed by atoms with Crippen molar-refractivity contribution in [2.45, 2.75) is 19.8 Å². The molecular formula is C21H18NO5-. The first-order valence-corrected chi connectivity index (χ1v) is 8.64. The van der Waals surface area contributed by atoms with Gasteiger partial charge in [-0.15, -0.1) is 0 Å². The molecule has 0 radical (unpaired) electrons. The number of carboxylic acid groups (broad SMARTS) is 1. The quantitative estimate of drug-likeness (QED) is 0.428. The Morgan fingerprint density at radius 2 is 1.85 bits per heavy atom. The fourth-order valence-electron chi connectivity index (χ4n) is 2.43. The number of hydrogen-bond acceptors (Lipinski definition) is 6. The Morgan fingerprint density at radius 1 is 1.15 bits per heavy atom. The summed E-state index contributed by atoms with van der Waals surface area (Å²) in [7, 11) is 0. The number of unbranched alkanes of at least 4 members (excludes halogenated alkanes) is 1. The molecule has 138 valence electrons. The maximum atomic E-state index is 12.0. The van der Waals surface area contributed by atoms with E-state index >= 15 is 0 Å². The minimum atomic E-state index is -1.25. The molecule has 0 N–H and O–H groups in total. The van der Waals surface area contributed by atoms with Crippen LogP contribution in [0, 0.1) is 0 Å². The van der Waals surface area contributed by atoms with Crippen LogP contribution in [0.3, 0.4) is 0 Å². The summed E-state index contributed by atoms with van der Waals surface area (Å²) >= 11 is 0. The Hall–Kier alpha value is -3.41. The van der Waals surface area contributed by atoms with E-state index in [0.717, 1.165) is 18.6 Å². The van der Waals surface area contributed by atoms with E-state index in [-0.39, 0.29) is 17.2 Å².